The predicted molar refractivity (Wildman–Crippen MR) is 58.1 cm³/mol. The summed E-state index contributed by atoms with van der Waals surface area (Å²) in [5.41, 5.74) is 0.849. The van der Waals surface area contributed by atoms with E-state index in [9.17, 15) is 0 Å². The molecule has 0 spiro atoms. The minimum absolute atomic E-state index is 0.316. The largest absolute Gasteiger partial charge is 0.481 e. The highest BCUT2D eigenvalue weighted by Gasteiger charge is 2.02. The molecule has 2 N–H and O–H groups in total. The molecule has 1 aromatic rings. The molecular weight excluding hydrogens is 194 g/mol. The van der Waals surface area contributed by atoms with Crippen LogP contribution in [0.2, 0.25) is 0 Å². The van der Waals surface area contributed by atoms with E-state index in [1.807, 2.05) is 6.92 Å². The monoisotopic (exact) mass is 211 g/mol. The average Bonchev–Trinajstić information content (AvgIpc) is 2.16. The van der Waals surface area contributed by atoms with E-state index >= 15 is 0 Å². The second kappa shape index (κ2) is 5.50. The molecule has 84 valence electrons. The first-order valence-electron chi connectivity index (χ1n) is 4.93. The van der Waals surface area contributed by atoms with Crippen molar-refractivity contribution in [3.63, 3.8) is 0 Å². The van der Waals surface area contributed by atoms with Gasteiger partial charge in [0, 0.05) is 18.3 Å². The van der Waals surface area contributed by atoms with Gasteiger partial charge in [-0.15, -0.1) is 0 Å². The van der Waals surface area contributed by atoms with Gasteiger partial charge in [0.25, 0.3) is 0 Å². The second-order valence-electron chi connectivity index (χ2n) is 3.44. The van der Waals surface area contributed by atoms with Crippen molar-refractivity contribution in [3.8, 4) is 5.88 Å². The molecule has 0 aliphatic rings. The van der Waals surface area contributed by atoms with Crippen molar-refractivity contribution in [2.24, 2.45) is 0 Å². The number of hydrogen-bond donors (Lipinski definition) is 2. The summed E-state index contributed by atoms with van der Waals surface area (Å²) in [7, 11) is 1.57. The van der Waals surface area contributed by atoms with Gasteiger partial charge in [-0.2, -0.15) is 4.98 Å². The molecule has 1 aromatic heterocycles. The van der Waals surface area contributed by atoms with Gasteiger partial charge in [0.1, 0.15) is 0 Å². The molecule has 0 radical (unpaired) electrons. The average molecular weight is 211 g/mol. The topological polar surface area (TPSA) is 67.3 Å². The SMILES string of the molecule is COc1cc(C)nc(NCCC(C)O)n1. The van der Waals surface area contributed by atoms with Crippen molar-refractivity contribution in [1.82, 2.24) is 9.97 Å². The lowest BCUT2D eigenvalue weighted by atomic mass is 10.3. The van der Waals surface area contributed by atoms with Crippen LogP contribution in [0.4, 0.5) is 5.95 Å². The van der Waals surface area contributed by atoms with Crippen LogP contribution in [0.3, 0.4) is 0 Å². The van der Waals surface area contributed by atoms with E-state index in [0.717, 1.165) is 5.69 Å². The zero-order chi connectivity index (χ0) is 11.3. The van der Waals surface area contributed by atoms with Gasteiger partial charge < -0.3 is 15.2 Å². The fraction of sp³-hybridized carbons (Fsp3) is 0.600. The summed E-state index contributed by atoms with van der Waals surface area (Å²) in [5, 5.41) is 12.1. The first-order valence-corrected chi connectivity index (χ1v) is 4.93. The van der Waals surface area contributed by atoms with E-state index < -0.39 is 0 Å². The summed E-state index contributed by atoms with van der Waals surface area (Å²) in [6, 6.07) is 1.76. The number of hydrogen-bond acceptors (Lipinski definition) is 5. The minimum atomic E-state index is -0.316. The molecule has 0 bridgehead atoms. The van der Waals surface area contributed by atoms with Gasteiger partial charge in [0.05, 0.1) is 13.2 Å². The Kier molecular flexibility index (Phi) is 4.30. The maximum absolute atomic E-state index is 9.08. The van der Waals surface area contributed by atoms with Crippen LogP contribution in [-0.4, -0.2) is 34.8 Å². The third kappa shape index (κ3) is 4.12. The number of aliphatic hydroxyl groups is 1. The Bertz CT molecular complexity index is 316. The molecule has 1 heterocycles. The van der Waals surface area contributed by atoms with Crippen LogP contribution in [0.5, 0.6) is 5.88 Å². The Labute approximate surface area is 89.5 Å². The molecule has 0 aromatic carbocycles. The maximum atomic E-state index is 9.08. The summed E-state index contributed by atoms with van der Waals surface area (Å²) in [5.74, 6) is 1.08. The highest BCUT2D eigenvalue weighted by atomic mass is 16.5. The Balaban J connectivity index is 2.56. The second-order valence-corrected chi connectivity index (χ2v) is 3.44. The summed E-state index contributed by atoms with van der Waals surface area (Å²) in [6.07, 6.45) is 0.351. The maximum Gasteiger partial charge on any atom is 0.226 e. The van der Waals surface area contributed by atoms with E-state index in [0.29, 0.717) is 24.8 Å². The van der Waals surface area contributed by atoms with Crippen molar-refractivity contribution in [3.05, 3.63) is 11.8 Å². The molecule has 0 amide bonds. The third-order valence-corrected chi connectivity index (χ3v) is 1.89. The molecule has 15 heavy (non-hydrogen) atoms. The quantitative estimate of drug-likeness (QED) is 0.759. The molecule has 0 aliphatic carbocycles. The van der Waals surface area contributed by atoms with E-state index in [2.05, 4.69) is 15.3 Å². The molecule has 1 atom stereocenters. The molecule has 5 nitrogen and oxygen atoms in total. The predicted octanol–water partition coefficient (Wildman–Crippen LogP) is 0.976. The highest BCUT2D eigenvalue weighted by Crippen LogP contribution is 2.10. The van der Waals surface area contributed by atoms with Crippen molar-refractivity contribution < 1.29 is 9.84 Å². The normalized spacial score (nSPS) is 12.3. The molecule has 1 unspecified atom stereocenters. The van der Waals surface area contributed by atoms with Crippen LogP contribution >= 0.6 is 0 Å². The Morgan fingerprint density at radius 2 is 2.27 bits per heavy atom. The zero-order valence-electron chi connectivity index (χ0n) is 9.32. The Morgan fingerprint density at radius 1 is 1.53 bits per heavy atom. The molecule has 1 rings (SSSR count). The molecule has 0 fully saturated rings. The van der Waals surface area contributed by atoms with Crippen LogP contribution in [-0.2, 0) is 0 Å². The lowest BCUT2D eigenvalue weighted by molar-refractivity contribution is 0.188. The minimum Gasteiger partial charge on any atom is -0.481 e. The van der Waals surface area contributed by atoms with E-state index in [-0.39, 0.29) is 6.10 Å². The van der Waals surface area contributed by atoms with Crippen LogP contribution in [0.15, 0.2) is 6.07 Å². The molecule has 0 saturated heterocycles. The first-order chi connectivity index (χ1) is 7.11. The zero-order valence-corrected chi connectivity index (χ0v) is 9.32. The highest BCUT2D eigenvalue weighted by molar-refractivity contribution is 5.30. The number of nitrogens with zero attached hydrogens (tertiary/aromatic N) is 2. The van der Waals surface area contributed by atoms with Crippen LogP contribution < -0.4 is 10.1 Å². The van der Waals surface area contributed by atoms with Crippen LogP contribution in [0, 0.1) is 6.92 Å². The number of aliphatic hydroxyl groups excluding tert-OH is 1. The van der Waals surface area contributed by atoms with E-state index in [4.69, 9.17) is 9.84 Å². The number of anilines is 1. The van der Waals surface area contributed by atoms with Crippen molar-refractivity contribution >= 4 is 5.95 Å². The molecular formula is C10H17N3O2. The van der Waals surface area contributed by atoms with Gasteiger partial charge in [-0.25, -0.2) is 4.98 Å². The van der Waals surface area contributed by atoms with Gasteiger partial charge in [-0.3, -0.25) is 0 Å². The molecule has 0 saturated carbocycles. The number of ether oxygens (including phenoxy) is 1. The third-order valence-electron chi connectivity index (χ3n) is 1.89. The van der Waals surface area contributed by atoms with Crippen molar-refractivity contribution in [1.29, 1.82) is 0 Å². The summed E-state index contributed by atoms with van der Waals surface area (Å²) < 4.78 is 5.02. The van der Waals surface area contributed by atoms with E-state index in [1.54, 1.807) is 20.1 Å². The van der Waals surface area contributed by atoms with Gasteiger partial charge in [-0.05, 0) is 20.3 Å². The standard InChI is InChI=1S/C10H17N3O2/c1-7-6-9(15-3)13-10(12-7)11-5-4-8(2)14/h6,8,14H,4-5H2,1-3H3,(H,11,12,13). The lowest BCUT2D eigenvalue weighted by Gasteiger charge is -2.08. The van der Waals surface area contributed by atoms with Crippen molar-refractivity contribution in [2.75, 3.05) is 19.0 Å². The van der Waals surface area contributed by atoms with Gasteiger partial charge in [0.2, 0.25) is 11.8 Å². The number of aromatic nitrogens is 2. The first kappa shape index (κ1) is 11.7. The Hall–Kier alpha value is -1.36. The van der Waals surface area contributed by atoms with Gasteiger partial charge in [-0.1, -0.05) is 0 Å². The number of aryl methyl sites for hydroxylation is 1. The smallest absolute Gasteiger partial charge is 0.226 e. The van der Waals surface area contributed by atoms with Gasteiger partial charge in [0.15, 0.2) is 0 Å². The Morgan fingerprint density at radius 3 is 2.87 bits per heavy atom. The molecule has 0 aliphatic heterocycles. The fourth-order valence-electron chi connectivity index (χ4n) is 1.12. The van der Waals surface area contributed by atoms with E-state index in [1.165, 1.54) is 0 Å². The number of rotatable bonds is 5. The number of nitrogens with one attached hydrogen (secondary N) is 1. The van der Waals surface area contributed by atoms with Crippen LogP contribution in [0.1, 0.15) is 19.0 Å². The summed E-state index contributed by atoms with van der Waals surface area (Å²) in [4.78, 5) is 8.32. The number of methoxy groups -OCH3 is 1. The lowest BCUT2D eigenvalue weighted by Crippen LogP contribution is -2.12. The summed E-state index contributed by atoms with van der Waals surface area (Å²) in [6.45, 7) is 4.27. The van der Waals surface area contributed by atoms with Crippen molar-refractivity contribution in [2.45, 2.75) is 26.4 Å². The van der Waals surface area contributed by atoms with Gasteiger partial charge >= 0.3 is 0 Å². The molecule has 5 heteroatoms. The summed E-state index contributed by atoms with van der Waals surface area (Å²) >= 11 is 0. The van der Waals surface area contributed by atoms with Crippen LogP contribution in [0.25, 0.3) is 0 Å². The fourth-order valence-corrected chi connectivity index (χ4v) is 1.12.